The number of benzene rings is 1. The van der Waals surface area contributed by atoms with Gasteiger partial charge in [-0.3, -0.25) is 4.79 Å². The van der Waals surface area contributed by atoms with Crippen LogP contribution in [0.1, 0.15) is 63.0 Å². The van der Waals surface area contributed by atoms with Crippen LogP contribution in [0.3, 0.4) is 0 Å². The highest BCUT2D eigenvalue weighted by Gasteiger charge is 2.46. The Morgan fingerprint density at radius 3 is 2.55 bits per heavy atom. The molecule has 120 valence electrons. The van der Waals surface area contributed by atoms with Gasteiger partial charge in [-0.1, -0.05) is 44.7 Å². The van der Waals surface area contributed by atoms with E-state index in [9.17, 15) is 9.90 Å². The van der Waals surface area contributed by atoms with Crippen molar-refractivity contribution in [2.45, 2.75) is 57.3 Å². The highest BCUT2D eigenvalue weighted by Crippen LogP contribution is 2.52. The molecule has 0 aromatic heterocycles. The van der Waals surface area contributed by atoms with Gasteiger partial charge in [-0.25, -0.2) is 0 Å². The number of fused-ring (bicyclic) bond motifs is 1. The van der Waals surface area contributed by atoms with Crippen LogP contribution in [0.25, 0.3) is 0 Å². The average Bonchev–Trinajstić information content (AvgIpc) is 2.93. The second kappa shape index (κ2) is 5.65. The van der Waals surface area contributed by atoms with Gasteiger partial charge in [-0.15, -0.1) is 0 Å². The largest absolute Gasteiger partial charge is 0.481 e. The average molecular weight is 325 g/mol. The lowest BCUT2D eigenvalue weighted by Gasteiger charge is -2.36. The van der Waals surface area contributed by atoms with Gasteiger partial charge in [-0.2, -0.15) is 0 Å². The van der Waals surface area contributed by atoms with Crippen molar-refractivity contribution in [1.82, 2.24) is 0 Å². The van der Waals surface area contributed by atoms with Crippen molar-refractivity contribution in [3.8, 4) is 11.5 Å². The molecule has 1 aromatic carbocycles. The van der Waals surface area contributed by atoms with Gasteiger partial charge in [-0.05, 0) is 24.3 Å². The Labute approximate surface area is 135 Å². The summed E-state index contributed by atoms with van der Waals surface area (Å²) in [4.78, 5) is 12.2. The van der Waals surface area contributed by atoms with E-state index in [-0.39, 0.29) is 12.7 Å². The summed E-state index contributed by atoms with van der Waals surface area (Å²) in [5, 5.41) is 10.5. The summed E-state index contributed by atoms with van der Waals surface area (Å²) in [6.45, 7) is 4.24. The van der Waals surface area contributed by atoms with E-state index in [0.29, 0.717) is 29.4 Å². The third-order valence-corrected chi connectivity index (χ3v) is 5.12. The normalized spacial score (nSPS) is 19.5. The Hall–Kier alpha value is -1.42. The van der Waals surface area contributed by atoms with Gasteiger partial charge in [0.2, 0.25) is 6.79 Å². The van der Waals surface area contributed by atoms with Gasteiger partial charge in [0.25, 0.3) is 0 Å². The third-order valence-electron chi connectivity index (χ3n) is 4.82. The van der Waals surface area contributed by atoms with Crippen LogP contribution in [0.5, 0.6) is 11.5 Å². The Morgan fingerprint density at radius 1 is 1.27 bits per heavy atom. The number of carboxylic acid groups (broad SMARTS) is 1. The fraction of sp³-hybridized carbons (Fsp3) is 0.588. The SMILES string of the molecule is CC(C)c1c2c(cc(Cl)c1C1(C(=O)O)CCCCC1)OCO2. The molecule has 0 radical (unpaired) electrons. The summed E-state index contributed by atoms with van der Waals surface area (Å²) < 4.78 is 11.1. The standard InChI is InChI=1S/C17H21ClO4/c1-10(2)13-14(11(18)8-12-15(13)22-9-21-12)17(16(19)20)6-4-3-5-7-17/h8,10H,3-7,9H2,1-2H3,(H,19,20). The minimum absolute atomic E-state index is 0.113. The lowest BCUT2D eigenvalue weighted by molar-refractivity contribution is -0.145. The molecular formula is C17H21ClO4. The molecule has 0 bridgehead atoms. The number of ether oxygens (including phenoxy) is 2. The van der Waals surface area contributed by atoms with E-state index >= 15 is 0 Å². The maximum absolute atomic E-state index is 12.2. The summed E-state index contributed by atoms with van der Waals surface area (Å²) >= 11 is 6.53. The van der Waals surface area contributed by atoms with E-state index in [1.807, 2.05) is 13.8 Å². The number of rotatable bonds is 3. The van der Waals surface area contributed by atoms with Crippen molar-refractivity contribution in [3.05, 3.63) is 22.2 Å². The molecule has 1 aromatic rings. The van der Waals surface area contributed by atoms with E-state index in [2.05, 4.69) is 0 Å². The van der Waals surface area contributed by atoms with Crippen LogP contribution in [0.4, 0.5) is 0 Å². The highest BCUT2D eigenvalue weighted by atomic mass is 35.5. The molecule has 3 rings (SSSR count). The van der Waals surface area contributed by atoms with E-state index in [1.165, 1.54) is 0 Å². The molecule has 0 amide bonds. The van der Waals surface area contributed by atoms with E-state index < -0.39 is 11.4 Å². The number of hydrogen-bond donors (Lipinski definition) is 1. The molecule has 1 aliphatic carbocycles. The van der Waals surface area contributed by atoms with E-state index in [4.69, 9.17) is 21.1 Å². The fourth-order valence-corrected chi connectivity index (χ4v) is 4.18. The monoisotopic (exact) mass is 324 g/mol. The van der Waals surface area contributed by atoms with Crippen LogP contribution in [-0.4, -0.2) is 17.9 Å². The van der Waals surface area contributed by atoms with Crippen molar-refractivity contribution < 1.29 is 19.4 Å². The second-order valence-electron chi connectivity index (χ2n) is 6.48. The fourth-order valence-electron chi connectivity index (χ4n) is 3.80. The van der Waals surface area contributed by atoms with Crippen LogP contribution in [0.2, 0.25) is 5.02 Å². The molecule has 2 aliphatic rings. The Kier molecular flexibility index (Phi) is 3.98. The molecule has 1 saturated carbocycles. The molecular weight excluding hydrogens is 304 g/mol. The topological polar surface area (TPSA) is 55.8 Å². The first kappa shape index (κ1) is 15.5. The van der Waals surface area contributed by atoms with Crippen molar-refractivity contribution in [3.63, 3.8) is 0 Å². The molecule has 1 heterocycles. The number of carbonyl (C=O) groups is 1. The Bertz CT molecular complexity index is 603. The van der Waals surface area contributed by atoms with Crippen molar-refractivity contribution in [2.24, 2.45) is 0 Å². The van der Waals surface area contributed by atoms with Gasteiger partial charge < -0.3 is 14.6 Å². The summed E-state index contributed by atoms with van der Waals surface area (Å²) in [6, 6.07) is 1.71. The van der Waals surface area contributed by atoms with Crippen LogP contribution in [-0.2, 0) is 10.2 Å². The zero-order chi connectivity index (χ0) is 15.9. The number of hydrogen-bond acceptors (Lipinski definition) is 3. The third kappa shape index (κ3) is 2.24. The van der Waals surface area contributed by atoms with E-state index in [1.54, 1.807) is 6.07 Å². The minimum Gasteiger partial charge on any atom is -0.481 e. The molecule has 0 atom stereocenters. The molecule has 1 aliphatic heterocycles. The smallest absolute Gasteiger partial charge is 0.314 e. The Morgan fingerprint density at radius 2 is 1.95 bits per heavy atom. The zero-order valence-electron chi connectivity index (χ0n) is 12.9. The minimum atomic E-state index is -0.907. The molecule has 0 spiro atoms. The first-order valence-electron chi connectivity index (χ1n) is 7.83. The van der Waals surface area contributed by atoms with E-state index in [0.717, 1.165) is 30.4 Å². The first-order chi connectivity index (χ1) is 10.5. The first-order valence-corrected chi connectivity index (χ1v) is 8.21. The molecule has 22 heavy (non-hydrogen) atoms. The van der Waals surface area contributed by atoms with Gasteiger partial charge >= 0.3 is 5.97 Å². The van der Waals surface area contributed by atoms with Gasteiger partial charge in [0.15, 0.2) is 11.5 Å². The summed E-state index contributed by atoms with van der Waals surface area (Å²) in [5.41, 5.74) is 0.723. The number of carboxylic acids is 1. The maximum atomic E-state index is 12.2. The lowest BCUT2D eigenvalue weighted by atomic mass is 9.67. The molecule has 1 N–H and O–H groups in total. The van der Waals surface area contributed by atoms with Crippen LogP contribution in [0, 0.1) is 0 Å². The molecule has 0 unspecified atom stereocenters. The number of halogens is 1. The van der Waals surface area contributed by atoms with Crippen LogP contribution >= 0.6 is 11.6 Å². The molecule has 5 heteroatoms. The van der Waals surface area contributed by atoms with Gasteiger partial charge in [0.05, 0.1) is 5.41 Å². The molecule has 1 fully saturated rings. The second-order valence-corrected chi connectivity index (χ2v) is 6.89. The van der Waals surface area contributed by atoms with Gasteiger partial charge in [0.1, 0.15) is 0 Å². The van der Waals surface area contributed by atoms with Crippen molar-refractivity contribution >= 4 is 17.6 Å². The number of aliphatic carboxylic acids is 1. The predicted molar refractivity (Wildman–Crippen MR) is 84.1 cm³/mol. The molecule has 4 nitrogen and oxygen atoms in total. The predicted octanol–water partition coefficient (Wildman–Crippen LogP) is 4.48. The van der Waals surface area contributed by atoms with Crippen LogP contribution in [0.15, 0.2) is 6.07 Å². The quantitative estimate of drug-likeness (QED) is 0.890. The van der Waals surface area contributed by atoms with Gasteiger partial charge in [0, 0.05) is 16.7 Å². The molecule has 0 saturated heterocycles. The van der Waals surface area contributed by atoms with Crippen molar-refractivity contribution in [1.29, 1.82) is 0 Å². The van der Waals surface area contributed by atoms with Crippen molar-refractivity contribution in [2.75, 3.05) is 6.79 Å². The summed E-state index contributed by atoms with van der Waals surface area (Å²) in [5.74, 6) is 0.617. The summed E-state index contributed by atoms with van der Waals surface area (Å²) in [6.07, 6.45) is 4.15. The summed E-state index contributed by atoms with van der Waals surface area (Å²) in [7, 11) is 0. The maximum Gasteiger partial charge on any atom is 0.314 e. The van der Waals surface area contributed by atoms with Crippen LogP contribution < -0.4 is 9.47 Å². The lowest BCUT2D eigenvalue weighted by Crippen LogP contribution is -2.39. The highest BCUT2D eigenvalue weighted by molar-refractivity contribution is 6.32. The Balaban J connectivity index is 2.27. The zero-order valence-corrected chi connectivity index (χ0v) is 13.7.